The van der Waals surface area contributed by atoms with E-state index < -0.39 is 5.97 Å². The molecule has 2 aromatic rings. The predicted molar refractivity (Wildman–Crippen MR) is 68.3 cm³/mol. The smallest absolute Gasteiger partial charge is 0.357 e. The van der Waals surface area contributed by atoms with Crippen LogP contribution >= 0.6 is 11.3 Å². The summed E-state index contributed by atoms with van der Waals surface area (Å²) >= 11 is 1.21. The number of carbonyl (C=O) groups is 1. The number of rotatable bonds is 3. The van der Waals surface area contributed by atoms with Gasteiger partial charge in [0.2, 0.25) is 0 Å². The lowest BCUT2D eigenvalue weighted by Gasteiger charge is -2.03. The molecule has 0 spiro atoms. The van der Waals surface area contributed by atoms with Gasteiger partial charge in [0.25, 0.3) is 0 Å². The van der Waals surface area contributed by atoms with Crippen molar-refractivity contribution in [3.05, 3.63) is 35.5 Å². The van der Waals surface area contributed by atoms with Gasteiger partial charge in [-0.15, -0.1) is 0 Å². The van der Waals surface area contributed by atoms with E-state index in [2.05, 4.69) is 4.98 Å². The molecular formula is C12H12N2O2S. The molecule has 0 fully saturated rings. The van der Waals surface area contributed by atoms with Gasteiger partial charge < -0.3 is 10.8 Å². The molecule has 0 aliphatic rings. The summed E-state index contributed by atoms with van der Waals surface area (Å²) in [5.41, 5.74) is 7.68. The van der Waals surface area contributed by atoms with Gasteiger partial charge in [-0.05, 0) is 12.0 Å². The normalized spacial score (nSPS) is 10.4. The first kappa shape index (κ1) is 11.6. The number of carboxylic acid groups (broad SMARTS) is 1. The number of carboxylic acids is 1. The Morgan fingerprint density at radius 1 is 1.47 bits per heavy atom. The molecule has 1 heterocycles. The molecule has 3 N–H and O–H groups in total. The molecule has 0 amide bonds. The van der Waals surface area contributed by atoms with Gasteiger partial charge in [0.1, 0.15) is 10.0 Å². The van der Waals surface area contributed by atoms with Crippen molar-refractivity contribution in [2.45, 2.75) is 13.3 Å². The summed E-state index contributed by atoms with van der Waals surface area (Å²) in [6, 6.07) is 7.81. The summed E-state index contributed by atoms with van der Waals surface area (Å²) in [6.45, 7) is 2.05. The number of nitrogens with two attached hydrogens (primary N) is 1. The molecule has 0 unspecified atom stereocenters. The van der Waals surface area contributed by atoms with Crippen LogP contribution in [0.2, 0.25) is 0 Å². The first-order chi connectivity index (χ1) is 8.13. The highest BCUT2D eigenvalue weighted by Crippen LogP contribution is 2.32. The van der Waals surface area contributed by atoms with Crippen molar-refractivity contribution in [3.63, 3.8) is 0 Å². The first-order valence-corrected chi connectivity index (χ1v) is 6.03. The lowest BCUT2D eigenvalue weighted by Crippen LogP contribution is -2.00. The number of aromatic carboxylic acids is 1. The van der Waals surface area contributed by atoms with Crippen molar-refractivity contribution in [3.8, 4) is 10.6 Å². The van der Waals surface area contributed by atoms with Crippen LogP contribution in [0.5, 0.6) is 0 Å². The minimum Gasteiger partial charge on any atom is -0.476 e. The molecule has 1 aromatic carbocycles. The van der Waals surface area contributed by atoms with Crippen molar-refractivity contribution >= 4 is 22.3 Å². The van der Waals surface area contributed by atoms with Crippen molar-refractivity contribution < 1.29 is 9.90 Å². The monoisotopic (exact) mass is 248 g/mol. The highest BCUT2D eigenvalue weighted by molar-refractivity contribution is 7.19. The summed E-state index contributed by atoms with van der Waals surface area (Å²) < 4.78 is 0. The van der Waals surface area contributed by atoms with Crippen molar-refractivity contribution in [1.29, 1.82) is 0 Å². The Balaban J connectivity index is 2.53. The van der Waals surface area contributed by atoms with E-state index in [0.717, 1.165) is 17.5 Å². The first-order valence-electron chi connectivity index (χ1n) is 5.21. The second-order valence-corrected chi connectivity index (χ2v) is 4.58. The molecule has 17 heavy (non-hydrogen) atoms. The second kappa shape index (κ2) is 4.55. The van der Waals surface area contributed by atoms with Crippen LogP contribution in [-0.2, 0) is 6.42 Å². The third-order valence-electron chi connectivity index (χ3n) is 2.48. The molecule has 0 aliphatic heterocycles. The number of hydrogen-bond acceptors (Lipinski definition) is 4. The van der Waals surface area contributed by atoms with Gasteiger partial charge in [-0.1, -0.05) is 42.5 Å². The standard InChI is InChI=1S/C12H12N2O2S/c1-2-7-5-3-4-6-8(7)11-14-9(12(15)16)10(13)17-11/h3-6H,2,13H2,1H3,(H,15,16). The van der Waals surface area contributed by atoms with E-state index in [1.807, 2.05) is 31.2 Å². The van der Waals surface area contributed by atoms with Crippen molar-refractivity contribution in [2.75, 3.05) is 5.73 Å². The Hall–Kier alpha value is -1.88. The molecule has 0 atom stereocenters. The molecule has 0 saturated carbocycles. The van der Waals surface area contributed by atoms with Crippen LogP contribution in [0, 0.1) is 0 Å². The van der Waals surface area contributed by atoms with E-state index in [0.29, 0.717) is 5.01 Å². The minimum atomic E-state index is -1.08. The Labute approximate surface area is 103 Å². The number of nitrogen functional groups attached to an aromatic ring is 1. The molecule has 0 bridgehead atoms. The fraction of sp³-hybridized carbons (Fsp3) is 0.167. The van der Waals surface area contributed by atoms with Crippen LogP contribution < -0.4 is 5.73 Å². The van der Waals surface area contributed by atoms with Crippen LogP contribution in [0.25, 0.3) is 10.6 Å². The van der Waals surface area contributed by atoms with Crippen molar-refractivity contribution in [1.82, 2.24) is 4.98 Å². The van der Waals surface area contributed by atoms with Gasteiger partial charge in [-0.25, -0.2) is 9.78 Å². The summed E-state index contributed by atoms with van der Waals surface area (Å²) in [5.74, 6) is -1.08. The zero-order valence-electron chi connectivity index (χ0n) is 9.30. The number of anilines is 1. The maximum Gasteiger partial charge on any atom is 0.357 e. The van der Waals surface area contributed by atoms with Crippen LogP contribution in [0.1, 0.15) is 23.0 Å². The molecule has 1 aromatic heterocycles. The quantitative estimate of drug-likeness (QED) is 0.875. The van der Waals surface area contributed by atoms with Crippen LogP contribution in [-0.4, -0.2) is 16.1 Å². The fourth-order valence-electron chi connectivity index (χ4n) is 1.64. The Bertz CT molecular complexity index is 563. The molecule has 4 nitrogen and oxygen atoms in total. The lowest BCUT2D eigenvalue weighted by molar-refractivity contribution is 0.0692. The van der Waals surface area contributed by atoms with Crippen molar-refractivity contribution in [2.24, 2.45) is 0 Å². The number of aromatic nitrogens is 1. The summed E-state index contributed by atoms with van der Waals surface area (Å²) in [7, 11) is 0. The summed E-state index contributed by atoms with van der Waals surface area (Å²) in [6.07, 6.45) is 0.873. The van der Waals surface area contributed by atoms with Gasteiger partial charge >= 0.3 is 5.97 Å². The van der Waals surface area contributed by atoms with E-state index in [9.17, 15) is 4.79 Å². The molecular weight excluding hydrogens is 236 g/mol. The Morgan fingerprint density at radius 3 is 2.76 bits per heavy atom. The second-order valence-electron chi connectivity index (χ2n) is 3.55. The molecule has 5 heteroatoms. The van der Waals surface area contributed by atoms with E-state index >= 15 is 0 Å². The summed E-state index contributed by atoms with van der Waals surface area (Å²) in [5, 5.41) is 9.83. The number of benzene rings is 1. The molecule has 2 rings (SSSR count). The van der Waals surface area contributed by atoms with Gasteiger partial charge in [0, 0.05) is 5.56 Å². The fourth-order valence-corrected chi connectivity index (χ4v) is 2.52. The Morgan fingerprint density at radius 2 is 2.18 bits per heavy atom. The molecule has 0 radical (unpaired) electrons. The van der Waals surface area contributed by atoms with Gasteiger partial charge in [-0.3, -0.25) is 0 Å². The maximum atomic E-state index is 10.9. The number of hydrogen-bond donors (Lipinski definition) is 2. The van der Waals surface area contributed by atoms with Gasteiger partial charge in [0.15, 0.2) is 5.69 Å². The largest absolute Gasteiger partial charge is 0.476 e. The predicted octanol–water partition coefficient (Wildman–Crippen LogP) is 2.65. The molecule has 88 valence electrons. The highest BCUT2D eigenvalue weighted by atomic mass is 32.1. The van der Waals surface area contributed by atoms with Crippen LogP contribution in [0.3, 0.4) is 0 Å². The van der Waals surface area contributed by atoms with E-state index in [1.54, 1.807) is 0 Å². The third-order valence-corrected chi connectivity index (χ3v) is 3.40. The number of nitrogens with zero attached hydrogens (tertiary/aromatic N) is 1. The third kappa shape index (κ3) is 2.14. The van der Waals surface area contributed by atoms with E-state index in [1.165, 1.54) is 11.3 Å². The van der Waals surface area contributed by atoms with Crippen LogP contribution in [0.15, 0.2) is 24.3 Å². The maximum absolute atomic E-state index is 10.9. The highest BCUT2D eigenvalue weighted by Gasteiger charge is 2.17. The van der Waals surface area contributed by atoms with Crippen LogP contribution in [0.4, 0.5) is 5.00 Å². The summed E-state index contributed by atoms with van der Waals surface area (Å²) in [4.78, 5) is 15.0. The van der Waals surface area contributed by atoms with E-state index in [4.69, 9.17) is 10.8 Å². The molecule has 0 saturated heterocycles. The van der Waals surface area contributed by atoms with Gasteiger partial charge in [-0.2, -0.15) is 0 Å². The average molecular weight is 248 g/mol. The zero-order valence-corrected chi connectivity index (χ0v) is 10.1. The van der Waals surface area contributed by atoms with Gasteiger partial charge in [0.05, 0.1) is 0 Å². The average Bonchev–Trinajstić information content (AvgIpc) is 2.71. The minimum absolute atomic E-state index is 0.0593. The number of aryl methyl sites for hydroxylation is 1. The molecule has 0 aliphatic carbocycles. The zero-order chi connectivity index (χ0) is 12.4. The lowest BCUT2D eigenvalue weighted by atomic mass is 10.1. The topological polar surface area (TPSA) is 76.2 Å². The SMILES string of the molecule is CCc1ccccc1-c1nc(C(=O)O)c(N)s1. The number of thiazole rings is 1. The Kier molecular flexibility index (Phi) is 3.10. The van der Waals surface area contributed by atoms with E-state index in [-0.39, 0.29) is 10.7 Å².